The molecule has 0 aromatic heterocycles. The van der Waals surface area contributed by atoms with Crippen LogP contribution in [-0.2, 0) is 9.47 Å². The number of terminal acetylenes is 1. The molecule has 0 rings (SSSR count). The lowest BCUT2D eigenvalue weighted by atomic mass is 10.1. The van der Waals surface area contributed by atoms with Gasteiger partial charge in [0.2, 0.25) is 0 Å². The van der Waals surface area contributed by atoms with Crippen molar-refractivity contribution in [3.05, 3.63) is 0 Å². The van der Waals surface area contributed by atoms with Crippen molar-refractivity contribution in [2.24, 2.45) is 0 Å². The molecule has 4 heteroatoms. The quantitative estimate of drug-likeness (QED) is 0.464. The molecule has 0 aliphatic heterocycles. The Labute approximate surface area is 105 Å². The Morgan fingerprint density at radius 2 is 2.00 bits per heavy atom. The second-order valence-corrected chi connectivity index (χ2v) is 4.80. The van der Waals surface area contributed by atoms with Crippen LogP contribution in [0.4, 0.5) is 0 Å². The fourth-order valence-corrected chi connectivity index (χ4v) is 1.05. The molecule has 0 spiro atoms. The van der Waals surface area contributed by atoms with Gasteiger partial charge in [-0.25, -0.2) is 0 Å². The van der Waals surface area contributed by atoms with E-state index in [1.54, 1.807) is 0 Å². The molecule has 0 saturated heterocycles. The van der Waals surface area contributed by atoms with Crippen LogP contribution >= 0.6 is 0 Å². The predicted molar refractivity (Wildman–Crippen MR) is 68.8 cm³/mol. The van der Waals surface area contributed by atoms with Crippen LogP contribution in [0.5, 0.6) is 0 Å². The Hall–Kier alpha value is -0.600. The number of nitrogens with one attached hydrogen (secondary N) is 1. The summed E-state index contributed by atoms with van der Waals surface area (Å²) < 4.78 is 10.6. The molecule has 1 unspecified atom stereocenters. The summed E-state index contributed by atoms with van der Waals surface area (Å²) >= 11 is 0. The van der Waals surface area contributed by atoms with Crippen molar-refractivity contribution in [3.8, 4) is 12.3 Å². The van der Waals surface area contributed by atoms with Crippen molar-refractivity contribution < 1.29 is 14.6 Å². The molecule has 0 fully saturated rings. The number of β-amino-alcohol motifs (C(OH)–C–C–N with tert-alkyl or cyclic N) is 1. The summed E-state index contributed by atoms with van der Waals surface area (Å²) in [7, 11) is 0. The molecule has 0 bridgehead atoms. The van der Waals surface area contributed by atoms with E-state index in [1.807, 2.05) is 27.7 Å². The molecule has 0 radical (unpaired) electrons. The van der Waals surface area contributed by atoms with Gasteiger partial charge in [0.05, 0.1) is 37.6 Å². The molecule has 0 aromatic carbocycles. The molecule has 0 saturated carbocycles. The zero-order chi connectivity index (χ0) is 13.3. The van der Waals surface area contributed by atoms with Crippen LogP contribution < -0.4 is 5.32 Å². The van der Waals surface area contributed by atoms with E-state index in [0.717, 1.165) is 0 Å². The van der Waals surface area contributed by atoms with Crippen LogP contribution in [0.3, 0.4) is 0 Å². The molecule has 1 atom stereocenters. The maximum atomic E-state index is 9.62. The summed E-state index contributed by atoms with van der Waals surface area (Å²) in [6.07, 6.45) is 4.97. The molecule has 100 valence electrons. The van der Waals surface area contributed by atoms with E-state index in [-0.39, 0.29) is 12.7 Å². The van der Waals surface area contributed by atoms with Gasteiger partial charge >= 0.3 is 0 Å². The van der Waals surface area contributed by atoms with Crippen molar-refractivity contribution in [2.75, 3.05) is 26.4 Å². The predicted octanol–water partition coefficient (Wildman–Crippen LogP) is 0.790. The van der Waals surface area contributed by atoms with Crippen LogP contribution in [0.2, 0.25) is 0 Å². The first kappa shape index (κ1) is 16.4. The van der Waals surface area contributed by atoms with Crippen LogP contribution in [-0.4, -0.2) is 49.2 Å². The van der Waals surface area contributed by atoms with E-state index in [2.05, 4.69) is 11.2 Å². The standard InChI is InChI=1S/C13H25NO3/c1-6-13(4,5)14-9-12(15)10-16-7-8-17-11(2)3/h1,11-12,14-15H,7-10H2,2-5H3. The number of hydrogen-bond donors (Lipinski definition) is 2. The monoisotopic (exact) mass is 243 g/mol. The van der Waals surface area contributed by atoms with Gasteiger partial charge in [-0.15, -0.1) is 6.42 Å². The molecule has 0 aliphatic rings. The Morgan fingerprint density at radius 3 is 2.53 bits per heavy atom. The molecule has 0 aromatic rings. The highest BCUT2D eigenvalue weighted by Crippen LogP contribution is 1.98. The van der Waals surface area contributed by atoms with Crippen LogP contribution in [0, 0.1) is 12.3 Å². The zero-order valence-electron chi connectivity index (χ0n) is 11.3. The zero-order valence-corrected chi connectivity index (χ0v) is 11.3. The van der Waals surface area contributed by atoms with Crippen molar-refractivity contribution in [1.29, 1.82) is 0 Å². The van der Waals surface area contributed by atoms with Gasteiger partial charge in [0, 0.05) is 6.54 Å². The van der Waals surface area contributed by atoms with Gasteiger partial charge in [-0.05, 0) is 27.7 Å². The van der Waals surface area contributed by atoms with Crippen molar-refractivity contribution >= 4 is 0 Å². The Morgan fingerprint density at radius 1 is 1.35 bits per heavy atom. The van der Waals surface area contributed by atoms with Crippen molar-refractivity contribution in [3.63, 3.8) is 0 Å². The van der Waals surface area contributed by atoms with Gasteiger partial charge in [-0.1, -0.05) is 5.92 Å². The summed E-state index contributed by atoms with van der Waals surface area (Å²) in [5.74, 6) is 2.60. The highest BCUT2D eigenvalue weighted by molar-refractivity contribution is 5.07. The molecule has 0 amide bonds. The van der Waals surface area contributed by atoms with E-state index < -0.39 is 11.6 Å². The average molecular weight is 243 g/mol. The second-order valence-electron chi connectivity index (χ2n) is 4.80. The summed E-state index contributed by atoms with van der Waals surface area (Å²) in [4.78, 5) is 0. The first-order valence-corrected chi connectivity index (χ1v) is 5.97. The fourth-order valence-electron chi connectivity index (χ4n) is 1.05. The van der Waals surface area contributed by atoms with Crippen LogP contribution in [0.1, 0.15) is 27.7 Å². The van der Waals surface area contributed by atoms with E-state index >= 15 is 0 Å². The SMILES string of the molecule is C#CC(C)(C)NCC(O)COCCOC(C)C. The largest absolute Gasteiger partial charge is 0.389 e. The minimum absolute atomic E-state index is 0.210. The number of aliphatic hydroxyl groups excluding tert-OH is 1. The summed E-state index contributed by atoms with van der Waals surface area (Å²) in [5, 5.41) is 12.7. The molecular formula is C13H25NO3. The van der Waals surface area contributed by atoms with Crippen LogP contribution in [0.25, 0.3) is 0 Å². The maximum absolute atomic E-state index is 9.62. The highest BCUT2D eigenvalue weighted by atomic mass is 16.5. The van der Waals surface area contributed by atoms with Gasteiger partial charge in [0.1, 0.15) is 0 Å². The number of hydrogen-bond acceptors (Lipinski definition) is 4. The van der Waals surface area contributed by atoms with Gasteiger partial charge in [-0.3, -0.25) is 5.32 Å². The molecule has 0 heterocycles. The maximum Gasteiger partial charge on any atom is 0.0898 e. The molecule has 0 aliphatic carbocycles. The number of ether oxygens (including phenoxy) is 2. The first-order valence-electron chi connectivity index (χ1n) is 5.97. The molecule has 17 heavy (non-hydrogen) atoms. The summed E-state index contributed by atoms with van der Waals surface area (Å²) in [5.41, 5.74) is -0.401. The van der Waals surface area contributed by atoms with Crippen molar-refractivity contribution in [2.45, 2.75) is 45.4 Å². The normalized spacial score (nSPS) is 13.7. The second kappa shape index (κ2) is 8.48. The fraction of sp³-hybridized carbons (Fsp3) is 0.846. The molecular weight excluding hydrogens is 218 g/mol. The minimum Gasteiger partial charge on any atom is -0.389 e. The summed E-state index contributed by atoms with van der Waals surface area (Å²) in [6, 6.07) is 0. The van der Waals surface area contributed by atoms with Gasteiger partial charge in [0.15, 0.2) is 0 Å². The third-order valence-electron chi connectivity index (χ3n) is 2.13. The Balaban J connectivity index is 3.48. The van der Waals surface area contributed by atoms with Gasteiger partial charge < -0.3 is 14.6 Å². The Bertz CT molecular complexity index is 233. The topological polar surface area (TPSA) is 50.7 Å². The third-order valence-corrected chi connectivity index (χ3v) is 2.13. The molecule has 2 N–H and O–H groups in total. The third kappa shape index (κ3) is 10.3. The molecule has 4 nitrogen and oxygen atoms in total. The van der Waals surface area contributed by atoms with E-state index in [4.69, 9.17) is 15.9 Å². The number of aliphatic hydroxyl groups is 1. The highest BCUT2D eigenvalue weighted by Gasteiger charge is 2.14. The van der Waals surface area contributed by atoms with E-state index in [0.29, 0.717) is 19.8 Å². The number of rotatable bonds is 9. The summed E-state index contributed by atoms with van der Waals surface area (Å²) in [6.45, 7) is 9.47. The lowest BCUT2D eigenvalue weighted by Crippen LogP contribution is -2.43. The first-order chi connectivity index (χ1) is 7.87. The van der Waals surface area contributed by atoms with E-state index in [1.165, 1.54) is 0 Å². The van der Waals surface area contributed by atoms with E-state index in [9.17, 15) is 5.11 Å². The van der Waals surface area contributed by atoms with Crippen LogP contribution in [0.15, 0.2) is 0 Å². The minimum atomic E-state index is -0.554. The van der Waals surface area contributed by atoms with Gasteiger partial charge in [0.25, 0.3) is 0 Å². The Kier molecular flexibility index (Phi) is 8.19. The smallest absolute Gasteiger partial charge is 0.0898 e. The lowest BCUT2D eigenvalue weighted by Gasteiger charge is -2.22. The average Bonchev–Trinajstić information content (AvgIpc) is 2.26. The van der Waals surface area contributed by atoms with Gasteiger partial charge in [-0.2, -0.15) is 0 Å². The van der Waals surface area contributed by atoms with Crippen molar-refractivity contribution in [1.82, 2.24) is 5.32 Å². The lowest BCUT2D eigenvalue weighted by molar-refractivity contribution is -0.0107.